The number of carbonyl (C=O) groups is 1. The fraction of sp³-hybridized carbons (Fsp3) is 0.353. The number of hydrogen-bond donors (Lipinski definition) is 1. The number of amides is 1. The minimum atomic E-state index is 0.0673. The van der Waals surface area contributed by atoms with Crippen molar-refractivity contribution in [1.82, 2.24) is 10.2 Å². The van der Waals surface area contributed by atoms with Crippen molar-refractivity contribution in [2.24, 2.45) is 0 Å². The van der Waals surface area contributed by atoms with Crippen LogP contribution >= 0.6 is 27.3 Å². The van der Waals surface area contributed by atoms with Crippen LogP contribution in [0.5, 0.6) is 0 Å². The van der Waals surface area contributed by atoms with Gasteiger partial charge in [-0.25, -0.2) is 0 Å². The van der Waals surface area contributed by atoms with Gasteiger partial charge in [0.05, 0.1) is 3.79 Å². The Labute approximate surface area is 144 Å². The van der Waals surface area contributed by atoms with Crippen molar-refractivity contribution in [2.45, 2.75) is 33.0 Å². The van der Waals surface area contributed by atoms with Gasteiger partial charge in [0.15, 0.2) is 0 Å². The normalized spacial score (nSPS) is 11.0. The van der Waals surface area contributed by atoms with Crippen molar-refractivity contribution in [3.05, 3.63) is 56.2 Å². The molecule has 118 valence electrons. The Morgan fingerprint density at radius 2 is 1.86 bits per heavy atom. The lowest BCUT2D eigenvalue weighted by Crippen LogP contribution is -2.32. The summed E-state index contributed by atoms with van der Waals surface area (Å²) in [6.45, 7) is 5.67. The summed E-state index contributed by atoms with van der Waals surface area (Å²) in [6, 6.07) is 10.2. The number of nitrogens with zero attached hydrogens (tertiary/aromatic N) is 1. The number of thiophene rings is 1. The molecule has 0 radical (unpaired) electrons. The van der Waals surface area contributed by atoms with Crippen LogP contribution in [0.2, 0.25) is 0 Å². The minimum Gasteiger partial charge on any atom is -0.339 e. The Morgan fingerprint density at radius 1 is 1.23 bits per heavy atom. The molecule has 2 rings (SSSR count). The smallest absolute Gasteiger partial charge is 0.253 e. The van der Waals surface area contributed by atoms with Crippen molar-refractivity contribution < 1.29 is 4.79 Å². The molecular weight excluding hydrogens is 360 g/mol. The number of benzene rings is 1. The number of halogens is 1. The highest BCUT2D eigenvalue weighted by atomic mass is 79.9. The van der Waals surface area contributed by atoms with Gasteiger partial charge in [-0.1, -0.05) is 12.1 Å². The van der Waals surface area contributed by atoms with Crippen molar-refractivity contribution in [2.75, 3.05) is 7.05 Å². The van der Waals surface area contributed by atoms with Crippen LogP contribution in [-0.4, -0.2) is 23.9 Å². The Morgan fingerprint density at radius 3 is 2.41 bits per heavy atom. The quantitative estimate of drug-likeness (QED) is 0.810. The zero-order valence-corrected chi connectivity index (χ0v) is 15.5. The van der Waals surface area contributed by atoms with Crippen LogP contribution in [0.15, 0.2) is 39.5 Å². The fourth-order valence-corrected chi connectivity index (χ4v) is 3.20. The van der Waals surface area contributed by atoms with Crippen molar-refractivity contribution in [3.63, 3.8) is 0 Å². The fourth-order valence-electron chi connectivity index (χ4n) is 1.99. The standard InChI is InChI=1S/C17H21BrN2OS/c1-12(2)20(3)17(21)15-6-4-13(5-7-15)9-19-10-14-8-16(18)22-11-14/h4-8,11-12,19H,9-10H2,1-3H3. The van der Waals surface area contributed by atoms with Crippen molar-refractivity contribution in [3.8, 4) is 0 Å². The van der Waals surface area contributed by atoms with Crippen LogP contribution in [0.3, 0.4) is 0 Å². The van der Waals surface area contributed by atoms with Gasteiger partial charge in [-0.2, -0.15) is 0 Å². The maximum absolute atomic E-state index is 12.2. The summed E-state index contributed by atoms with van der Waals surface area (Å²) in [5, 5.41) is 5.55. The van der Waals surface area contributed by atoms with Gasteiger partial charge in [-0.15, -0.1) is 11.3 Å². The summed E-state index contributed by atoms with van der Waals surface area (Å²) >= 11 is 5.16. The van der Waals surface area contributed by atoms with Crippen LogP contribution in [0.25, 0.3) is 0 Å². The summed E-state index contributed by atoms with van der Waals surface area (Å²) < 4.78 is 1.15. The van der Waals surface area contributed by atoms with Crippen molar-refractivity contribution in [1.29, 1.82) is 0 Å². The highest BCUT2D eigenvalue weighted by Crippen LogP contribution is 2.20. The zero-order valence-electron chi connectivity index (χ0n) is 13.1. The third-order valence-corrected chi connectivity index (χ3v) is 5.13. The number of hydrogen-bond acceptors (Lipinski definition) is 3. The third kappa shape index (κ3) is 4.66. The first-order valence-electron chi connectivity index (χ1n) is 7.27. The van der Waals surface area contributed by atoms with E-state index in [1.807, 2.05) is 45.2 Å². The van der Waals surface area contributed by atoms with Crippen molar-refractivity contribution >= 4 is 33.2 Å². The van der Waals surface area contributed by atoms with Gasteiger partial charge in [0.2, 0.25) is 0 Å². The maximum atomic E-state index is 12.2. The predicted octanol–water partition coefficient (Wildman–Crippen LogP) is 4.28. The third-order valence-electron chi connectivity index (χ3n) is 3.58. The molecule has 0 saturated heterocycles. The van der Waals surface area contributed by atoms with Crippen LogP contribution in [0, 0.1) is 0 Å². The molecule has 0 saturated carbocycles. The first kappa shape index (κ1) is 17.2. The Balaban J connectivity index is 1.87. The van der Waals surface area contributed by atoms with Gasteiger partial charge in [0.1, 0.15) is 0 Å². The predicted molar refractivity (Wildman–Crippen MR) is 96.2 cm³/mol. The van der Waals surface area contributed by atoms with E-state index in [4.69, 9.17) is 0 Å². The molecule has 1 amide bonds. The van der Waals surface area contributed by atoms with Gasteiger partial charge in [-0.05, 0) is 64.5 Å². The molecule has 0 aliphatic rings. The van der Waals surface area contributed by atoms with E-state index in [1.165, 1.54) is 11.1 Å². The highest BCUT2D eigenvalue weighted by molar-refractivity contribution is 9.11. The lowest BCUT2D eigenvalue weighted by atomic mass is 10.1. The monoisotopic (exact) mass is 380 g/mol. The van der Waals surface area contributed by atoms with Gasteiger partial charge < -0.3 is 10.2 Å². The second-order valence-electron chi connectivity index (χ2n) is 5.57. The highest BCUT2D eigenvalue weighted by Gasteiger charge is 2.13. The molecule has 1 heterocycles. The number of carbonyl (C=O) groups excluding carboxylic acids is 1. The van der Waals surface area contributed by atoms with Crippen LogP contribution in [0.4, 0.5) is 0 Å². The molecule has 2 aromatic rings. The molecule has 1 aromatic heterocycles. The average Bonchev–Trinajstić information content (AvgIpc) is 2.92. The topological polar surface area (TPSA) is 32.3 Å². The van der Waals surface area contributed by atoms with Gasteiger partial charge in [0, 0.05) is 31.7 Å². The maximum Gasteiger partial charge on any atom is 0.253 e. The van der Waals surface area contributed by atoms with E-state index in [2.05, 4.69) is 32.7 Å². The largest absolute Gasteiger partial charge is 0.339 e. The second kappa shape index (κ2) is 7.90. The molecular formula is C17H21BrN2OS. The summed E-state index contributed by atoms with van der Waals surface area (Å²) in [6.07, 6.45) is 0. The molecule has 0 atom stereocenters. The van der Waals surface area contributed by atoms with Crippen LogP contribution in [-0.2, 0) is 13.1 Å². The van der Waals surface area contributed by atoms with E-state index in [0.717, 1.165) is 22.4 Å². The van der Waals surface area contributed by atoms with Crippen LogP contribution < -0.4 is 5.32 Å². The second-order valence-corrected chi connectivity index (χ2v) is 7.86. The van der Waals surface area contributed by atoms with E-state index in [-0.39, 0.29) is 11.9 Å². The van der Waals surface area contributed by atoms with E-state index in [0.29, 0.717) is 0 Å². The molecule has 0 unspecified atom stereocenters. The van der Waals surface area contributed by atoms with E-state index < -0.39 is 0 Å². The van der Waals surface area contributed by atoms with E-state index >= 15 is 0 Å². The summed E-state index contributed by atoms with van der Waals surface area (Å²) in [5.74, 6) is 0.0673. The molecule has 22 heavy (non-hydrogen) atoms. The Hall–Kier alpha value is -1.17. The molecule has 3 nitrogen and oxygen atoms in total. The molecule has 0 aliphatic heterocycles. The SMILES string of the molecule is CC(C)N(C)C(=O)c1ccc(CNCc2csc(Br)c2)cc1. The lowest BCUT2D eigenvalue weighted by molar-refractivity contribution is 0.0755. The number of rotatable bonds is 6. The number of nitrogens with one attached hydrogen (secondary N) is 1. The zero-order chi connectivity index (χ0) is 16.1. The van der Waals surface area contributed by atoms with E-state index in [9.17, 15) is 4.79 Å². The minimum absolute atomic E-state index is 0.0673. The molecule has 0 aliphatic carbocycles. The average molecular weight is 381 g/mol. The lowest BCUT2D eigenvalue weighted by Gasteiger charge is -2.21. The molecule has 1 aromatic carbocycles. The molecule has 5 heteroatoms. The summed E-state index contributed by atoms with van der Waals surface area (Å²) in [4.78, 5) is 14.0. The van der Waals surface area contributed by atoms with E-state index in [1.54, 1.807) is 16.2 Å². The van der Waals surface area contributed by atoms with Crippen LogP contribution in [0.1, 0.15) is 35.3 Å². The van der Waals surface area contributed by atoms with Gasteiger partial charge >= 0.3 is 0 Å². The summed E-state index contributed by atoms with van der Waals surface area (Å²) in [5.41, 5.74) is 3.20. The first-order valence-corrected chi connectivity index (χ1v) is 8.94. The Bertz CT molecular complexity index is 622. The molecule has 1 N–H and O–H groups in total. The Kier molecular flexibility index (Phi) is 6.17. The molecule has 0 bridgehead atoms. The summed E-state index contributed by atoms with van der Waals surface area (Å²) in [7, 11) is 1.83. The first-order chi connectivity index (χ1) is 10.5. The molecule has 0 fully saturated rings. The molecule has 0 spiro atoms. The van der Waals surface area contributed by atoms with Gasteiger partial charge in [-0.3, -0.25) is 4.79 Å². The van der Waals surface area contributed by atoms with Gasteiger partial charge in [0.25, 0.3) is 5.91 Å².